The van der Waals surface area contributed by atoms with E-state index < -0.39 is 23.6 Å². The highest BCUT2D eigenvalue weighted by atomic mass is 19.4. The summed E-state index contributed by atoms with van der Waals surface area (Å²) in [5.74, 6) is 0.489. The summed E-state index contributed by atoms with van der Waals surface area (Å²) in [5, 5.41) is 3.35. The molecule has 0 atom stereocenters. The van der Waals surface area contributed by atoms with Gasteiger partial charge in [0.15, 0.2) is 18.6 Å². The molecule has 0 fully saturated rings. The number of benzene rings is 1. The van der Waals surface area contributed by atoms with Crippen molar-refractivity contribution >= 4 is 22.4 Å². The minimum absolute atomic E-state index is 0.136. The van der Waals surface area contributed by atoms with Crippen molar-refractivity contribution in [3.63, 3.8) is 0 Å². The highest BCUT2D eigenvalue weighted by Crippen LogP contribution is 2.37. The average Bonchev–Trinajstić information content (AvgIpc) is 3.36. The zero-order valence-electron chi connectivity index (χ0n) is 18.5. The van der Waals surface area contributed by atoms with Crippen LogP contribution in [0.1, 0.15) is 17.1 Å². The summed E-state index contributed by atoms with van der Waals surface area (Å²) in [7, 11) is 0. The summed E-state index contributed by atoms with van der Waals surface area (Å²) in [4.78, 5) is 20.1. The van der Waals surface area contributed by atoms with Crippen LogP contribution in [0.3, 0.4) is 0 Å². The second-order valence-corrected chi connectivity index (χ2v) is 7.83. The lowest BCUT2D eigenvalue weighted by molar-refractivity contribution is -0.292. The maximum Gasteiger partial charge on any atom is 0.433 e. The Balaban J connectivity index is 1.60. The fourth-order valence-electron chi connectivity index (χ4n) is 3.62. The van der Waals surface area contributed by atoms with Crippen molar-refractivity contribution < 1.29 is 31.3 Å². The van der Waals surface area contributed by atoms with Crippen molar-refractivity contribution in [1.29, 1.82) is 0 Å². The van der Waals surface area contributed by atoms with E-state index in [1.54, 1.807) is 10.8 Å². The number of rotatable bonds is 5. The van der Waals surface area contributed by atoms with Crippen LogP contribution >= 0.6 is 0 Å². The molecule has 13 heteroatoms. The van der Waals surface area contributed by atoms with Crippen molar-refractivity contribution in [1.82, 2.24) is 24.5 Å². The van der Waals surface area contributed by atoms with Gasteiger partial charge in [-0.1, -0.05) is 6.07 Å². The minimum Gasteiger partial charge on any atom is -0.338 e. The molecule has 0 aliphatic carbocycles. The van der Waals surface area contributed by atoms with Crippen molar-refractivity contribution in [2.45, 2.75) is 18.9 Å². The van der Waals surface area contributed by atoms with Gasteiger partial charge in [-0.15, -0.1) is 0 Å². The van der Waals surface area contributed by atoms with Gasteiger partial charge in [-0.25, -0.2) is 15.0 Å². The Bertz CT molecular complexity index is 1550. The van der Waals surface area contributed by atoms with Crippen LogP contribution in [-0.4, -0.2) is 24.5 Å². The van der Waals surface area contributed by atoms with Gasteiger partial charge in [0.1, 0.15) is 11.5 Å². The molecule has 0 spiro atoms. The Hall–Kier alpha value is -4.73. The zero-order valence-corrected chi connectivity index (χ0v) is 18.5. The van der Waals surface area contributed by atoms with Gasteiger partial charge in [-0.05, 0) is 36.4 Å². The van der Waals surface area contributed by atoms with Crippen LogP contribution in [0, 0.1) is 6.33 Å². The van der Waals surface area contributed by atoms with E-state index in [-0.39, 0.29) is 35.1 Å². The Labute approximate surface area is 204 Å². The Morgan fingerprint density at radius 1 is 0.946 bits per heavy atom. The molecular weight excluding hydrogens is 500 g/mol. The Morgan fingerprint density at radius 2 is 1.78 bits per heavy atom. The molecule has 1 N–H and O–H groups in total. The van der Waals surface area contributed by atoms with Crippen LogP contribution < -0.4 is 10.3 Å². The highest BCUT2D eigenvalue weighted by Gasteiger charge is 2.34. The number of hydrogen-bond donors (Lipinski definition) is 1. The first-order valence-corrected chi connectivity index (χ1v) is 10.6. The fraction of sp³-hybridized carbons (Fsp3) is 0.125. The largest absolute Gasteiger partial charge is 0.433 e. The van der Waals surface area contributed by atoms with Gasteiger partial charge in [0, 0.05) is 17.1 Å². The first-order chi connectivity index (χ1) is 17.6. The lowest BCUT2D eigenvalue weighted by atomic mass is 10.0. The van der Waals surface area contributed by atoms with Gasteiger partial charge in [0.25, 0.3) is 0 Å². The van der Waals surface area contributed by atoms with Crippen LogP contribution in [0.4, 0.5) is 37.8 Å². The lowest BCUT2D eigenvalue weighted by Gasteiger charge is -2.14. The Morgan fingerprint density at radius 3 is 2.46 bits per heavy atom. The van der Waals surface area contributed by atoms with Gasteiger partial charge in [0.05, 0.1) is 28.7 Å². The van der Waals surface area contributed by atoms with Crippen LogP contribution in [-0.2, 0) is 18.9 Å². The minimum atomic E-state index is -4.62. The van der Waals surface area contributed by atoms with E-state index in [0.717, 1.165) is 18.3 Å². The van der Waals surface area contributed by atoms with E-state index in [4.69, 9.17) is 0 Å². The number of pyridine rings is 2. The van der Waals surface area contributed by atoms with Crippen molar-refractivity contribution in [3.05, 3.63) is 90.7 Å². The van der Waals surface area contributed by atoms with Crippen molar-refractivity contribution in [2.75, 3.05) is 5.32 Å². The maximum atomic E-state index is 13.6. The van der Waals surface area contributed by atoms with Gasteiger partial charge in [0.2, 0.25) is 6.20 Å². The SMILES string of the molecule is FC(F)(F)c1ccc(Nc2nc(Cn3c#[n+]cc3)nc3cc(-c4ncccc4C(F)(F)F)ccc23)cn1. The van der Waals surface area contributed by atoms with Gasteiger partial charge in [-0.3, -0.25) is 4.98 Å². The van der Waals surface area contributed by atoms with E-state index >= 15 is 0 Å². The van der Waals surface area contributed by atoms with E-state index in [2.05, 4.69) is 36.6 Å². The highest BCUT2D eigenvalue weighted by molar-refractivity contribution is 5.93. The third kappa shape index (κ3) is 5.13. The fourth-order valence-corrected chi connectivity index (χ4v) is 3.62. The molecule has 0 unspecified atom stereocenters. The second kappa shape index (κ2) is 9.05. The number of nitrogens with zero attached hydrogens (tertiary/aromatic N) is 6. The van der Waals surface area contributed by atoms with E-state index in [1.807, 2.05) is 0 Å². The third-order valence-corrected chi connectivity index (χ3v) is 5.27. The van der Waals surface area contributed by atoms with E-state index in [1.165, 1.54) is 42.7 Å². The van der Waals surface area contributed by atoms with Crippen LogP contribution in [0.25, 0.3) is 22.2 Å². The number of hydrogen-bond acceptors (Lipinski definition) is 5. The quantitative estimate of drug-likeness (QED) is 0.328. The predicted octanol–water partition coefficient (Wildman–Crippen LogP) is 5.12. The zero-order chi connectivity index (χ0) is 26.2. The number of nitrogens with one attached hydrogen (secondary N) is 1. The molecule has 0 radical (unpaired) electrons. The maximum absolute atomic E-state index is 13.6. The molecular formula is C24H14F6N7+. The molecule has 0 aliphatic rings. The smallest absolute Gasteiger partial charge is 0.338 e. The third-order valence-electron chi connectivity index (χ3n) is 5.27. The average molecular weight is 514 g/mol. The summed E-state index contributed by atoms with van der Waals surface area (Å²) in [6, 6.07) is 8.59. The number of anilines is 2. The van der Waals surface area contributed by atoms with E-state index in [9.17, 15) is 26.3 Å². The van der Waals surface area contributed by atoms with Gasteiger partial charge < -0.3 is 5.32 Å². The molecule has 4 aromatic heterocycles. The van der Waals surface area contributed by atoms with E-state index in [0.29, 0.717) is 10.9 Å². The first kappa shape index (κ1) is 24.0. The molecule has 37 heavy (non-hydrogen) atoms. The topological polar surface area (TPSA) is 82.6 Å². The second-order valence-electron chi connectivity index (χ2n) is 7.83. The standard InChI is InChI=1S/C24H14F6N7/c25-23(26,27)17-2-1-7-32-21(17)14-3-5-16-18(10-14)35-20(12-37-9-8-31-13-37)36-22(16)34-15-4-6-19(33-11-15)24(28,29)30/h1-11H,12H2,(H,34,35,36)/q+1. The first-order valence-electron chi connectivity index (χ1n) is 10.6. The molecule has 7 nitrogen and oxygen atoms in total. The molecule has 0 amide bonds. The van der Waals surface area contributed by atoms with Gasteiger partial charge >= 0.3 is 18.7 Å². The molecule has 1 aromatic carbocycles. The number of fused-ring (bicyclic) bond motifs is 1. The van der Waals surface area contributed by atoms with Crippen molar-refractivity contribution in [2.24, 2.45) is 0 Å². The normalized spacial score (nSPS) is 11.9. The lowest BCUT2D eigenvalue weighted by Crippen LogP contribution is -2.09. The molecule has 0 aliphatic heterocycles. The van der Waals surface area contributed by atoms with Crippen molar-refractivity contribution in [3.8, 4) is 11.3 Å². The summed E-state index contributed by atoms with van der Waals surface area (Å²) < 4.78 is 80.9. The summed E-state index contributed by atoms with van der Waals surface area (Å²) >= 11 is 0. The predicted molar refractivity (Wildman–Crippen MR) is 118 cm³/mol. The molecule has 186 valence electrons. The summed E-state index contributed by atoms with van der Waals surface area (Å²) in [6.45, 7) is 0.136. The van der Waals surface area contributed by atoms with Gasteiger partial charge in [-0.2, -0.15) is 35.9 Å². The Kier molecular flexibility index (Phi) is 5.87. The number of aromatic nitrogens is 6. The monoisotopic (exact) mass is 514 g/mol. The van der Waals surface area contributed by atoms with Crippen LogP contribution in [0.15, 0.2) is 67.3 Å². The number of alkyl halides is 6. The molecule has 5 rings (SSSR count). The molecule has 0 saturated carbocycles. The molecule has 0 bridgehead atoms. The van der Waals surface area contributed by atoms with Crippen LogP contribution in [0.2, 0.25) is 0 Å². The summed E-state index contributed by atoms with van der Waals surface area (Å²) in [6.07, 6.45) is -1.10. The summed E-state index contributed by atoms with van der Waals surface area (Å²) in [5.41, 5.74) is -1.51. The van der Waals surface area contributed by atoms with Crippen LogP contribution in [0.5, 0.6) is 0 Å². The molecule has 0 saturated heterocycles. The molecule has 4 heterocycles. The number of halogens is 6. The molecule has 5 aromatic rings.